The van der Waals surface area contributed by atoms with Crippen LogP contribution < -0.4 is 0 Å². The molecule has 0 radical (unpaired) electrons. The van der Waals surface area contributed by atoms with Gasteiger partial charge in [-0.2, -0.15) is 0 Å². The third-order valence-electron chi connectivity index (χ3n) is 5.90. The lowest BCUT2D eigenvalue weighted by molar-refractivity contribution is -0.199. The number of carbonyl (C=O) groups is 1. The van der Waals surface area contributed by atoms with Gasteiger partial charge in [0.1, 0.15) is 0 Å². The topological polar surface area (TPSA) is 43.8 Å². The van der Waals surface area contributed by atoms with Crippen LogP contribution >= 0.6 is 11.6 Å². The third-order valence-corrected chi connectivity index (χ3v) is 6.13. The van der Waals surface area contributed by atoms with Crippen molar-refractivity contribution in [2.45, 2.75) is 31.0 Å². The molecule has 5 heteroatoms. The molecule has 2 aromatic carbocycles. The van der Waals surface area contributed by atoms with E-state index in [1.54, 1.807) is 6.92 Å². The summed E-state index contributed by atoms with van der Waals surface area (Å²) in [6.07, 6.45) is 0. The minimum absolute atomic E-state index is 0.0467. The highest BCUT2D eigenvalue weighted by atomic mass is 35.5. The van der Waals surface area contributed by atoms with Crippen molar-refractivity contribution in [3.8, 4) is 0 Å². The largest absolute Gasteiger partial charge is 0.395 e. The predicted molar refractivity (Wildman–Crippen MR) is 102 cm³/mol. The Balaban J connectivity index is 1.65. The van der Waals surface area contributed by atoms with Gasteiger partial charge in [-0.15, -0.1) is 0 Å². The van der Waals surface area contributed by atoms with E-state index in [1.807, 2.05) is 41.3 Å². The number of aliphatic hydroxyl groups is 1. The van der Waals surface area contributed by atoms with Gasteiger partial charge in [-0.25, -0.2) is 0 Å². The number of rotatable bonds is 4. The molecule has 4 rings (SSSR count). The van der Waals surface area contributed by atoms with E-state index in [0.29, 0.717) is 13.1 Å². The van der Waals surface area contributed by atoms with Gasteiger partial charge in [0.05, 0.1) is 12.1 Å². The molecular formula is C21H23ClN2O2. The lowest BCUT2D eigenvalue weighted by Gasteiger charge is -2.70. The number of nitrogens with zero attached hydrogens (tertiary/aromatic N) is 2. The molecule has 26 heavy (non-hydrogen) atoms. The maximum atomic E-state index is 11.8. The molecular weight excluding hydrogens is 348 g/mol. The molecule has 2 saturated heterocycles. The smallest absolute Gasteiger partial charge is 0.219 e. The third kappa shape index (κ3) is 2.73. The first-order valence-corrected chi connectivity index (χ1v) is 9.35. The van der Waals surface area contributed by atoms with E-state index in [0.717, 1.165) is 17.1 Å². The predicted octanol–water partition coefficient (Wildman–Crippen LogP) is 2.90. The van der Waals surface area contributed by atoms with Gasteiger partial charge in [0.25, 0.3) is 0 Å². The summed E-state index contributed by atoms with van der Waals surface area (Å²) >= 11 is 6.15. The molecule has 0 unspecified atom stereocenters. The van der Waals surface area contributed by atoms with Crippen molar-refractivity contribution in [2.24, 2.45) is 0 Å². The molecule has 1 N–H and O–H groups in total. The van der Waals surface area contributed by atoms with Gasteiger partial charge in [0.2, 0.25) is 5.91 Å². The Morgan fingerprint density at radius 2 is 1.92 bits per heavy atom. The second-order valence-electron chi connectivity index (χ2n) is 7.37. The first-order valence-electron chi connectivity index (χ1n) is 8.98. The summed E-state index contributed by atoms with van der Waals surface area (Å²) in [5.41, 5.74) is 2.25. The highest BCUT2D eigenvalue weighted by Crippen LogP contribution is 2.54. The second-order valence-corrected chi connectivity index (χ2v) is 7.81. The van der Waals surface area contributed by atoms with Crippen molar-refractivity contribution in [3.05, 3.63) is 70.7 Å². The van der Waals surface area contributed by atoms with Gasteiger partial charge in [0, 0.05) is 43.5 Å². The molecule has 1 spiro atoms. The van der Waals surface area contributed by atoms with Crippen LogP contribution in [0.5, 0.6) is 0 Å². The molecule has 2 aliphatic rings. The van der Waals surface area contributed by atoms with Crippen molar-refractivity contribution in [3.63, 3.8) is 0 Å². The summed E-state index contributed by atoms with van der Waals surface area (Å²) in [4.78, 5) is 16.0. The summed E-state index contributed by atoms with van der Waals surface area (Å²) < 4.78 is 0. The van der Waals surface area contributed by atoms with Crippen LogP contribution in [0.15, 0.2) is 54.6 Å². The number of hydrogen-bond acceptors (Lipinski definition) is 3. The van der Waals surface area contributed by atoms with Crippen molar-refractivity contribution in [1.29, 1.82) is 0 Å². The quantitative estimate of drug-likeness (QED) is 0.900. The zero-order valence-electron chi connectivity index (χ0n) is 14.8. The molecule has 2 fully saturated rings. The van der Waals surface area contributed by atoms with Crippen LogP contribution in [-0.4, -0.2) is 52.1 Å². The second kappa shape index (κ2) is 6.69. The molecule has 4 nitrogen and oxygen atoms in total. The molecule has 0 aromatic heterocycles. The van der Waals surface area contributed by atoms with E-state index in [9.17, 15) is 9.90 Å². The average Bonchev–Trinajstić information content (AvgIpc) is 2.58. The van der Waals surface area contributed by atoms with Crippen LogP contribution in [-0.2, 0) is 11.3 Å². The highest BCUT2D eigenvalue weighted by molar-refractivity contribution is 6.30. The first kappa shape index (κ1) is 17.5. The van der Waals surface area contributed by atoms with E-state index < -0.39 is 0 Å². The average molecular weight is 371 g/mol. The zero-order chi connectivity index (χ0) is 18.3. The Morgan fingerprint density at radius 3 is 2.54 bits per heavy atom. The van der Waals surface area contributed by atoms with Crippen LogP contribution in [0, 0.1) is 0 Å². The number of carbonyl (C=O) groups excluding carboxylic acids is 1. The Bertz CT molecular complexity index is 805. The molecule has 2 atom stereocenters. The number of amides is 1. The molecule has 136 valence electrons. The molecule has 2 aromatic rings. The SMILES string of the molecule is CC(=O)N1CC2(C1)[C@H](c1ccccc1)[C@H](CO)N2Cc1cccc(Cl)c1. The Hall–Kier alpha value is -1.88. The number of likely N-dealkylation sites (tertiary alicyclic amines) is 2. The summed E-state index contributed by atoms with van der Waals surface area (Å²) in [5, 5.41) is 10.8. The Labute approximate surface area is 159 Å². The molecule has 0 aliphatic carbocycles. The number of benzene rings is 2. The van der Waals surface area contributed by atoms with E-state index in [4.69, 9.17) is 11.6 Å². The lowest BCUT2D eigenvalue weighted by Crippen LogP contribution is -2.84. The normalized spacial score (nSPS) is 24.2. The molecule has 0 bridgehead atoms. The van der Waals surface area contributed by atoms with Crippen LogP contribution in [0.1, 0.15) is 24.0 Å². The minimum Gasteiger partial charge on any atom is -0.395 e. The molecule has 2 aliphatic heterocycles. The number of hydrogen-bond donors (Lipinski definition) is 1. The van der Waals surface area contributed by atoms with Crippen molar-refractivity contribution >= 4 is 17.5 Å². The van der Waals surface area contributed by atoms with E-state index in [1.165, 1.54) is 5.56 Å². The van der Waals surface area contributed by atoms with Gasteiger partial charge in [-0.1, -0.05) is 54.1 Å². The molecule has 0 saturated carbocycles. The van der Waals surface area contributed by atoms with E-state index >= 15 is 0 Å². The summed E-state index contributed by atoms with van der Waals surface area (Å²) in [6, 6.07) is 18.2. The number of aliphatic hydroxyl groups excluding tert-OH is 1. The van der Waals surface area contributed by atoms with Crippen molar-refractivity contribution in [1.82, 2.24) is 9.80 Å². The van der Waals surface area contributed by atoms with Gasteiger partial charge in [-0.3, -0.25) is 9.69 Å². The van der Waals surface area contributed by atoms with E-state index in [2.05, 4.69) is 23.1 Å². The summed E-state index contributed by atoms with van der Waals surface area (Å²) in [7, 11) is 0. The fourth-order valence-corrected chi connectivity index (χ4v) is 4.90. The summed E-state index contributed by atoms with van der Waals surface area (Å²) in [6.45, 7) is 3.86. The fourth-order valence-electron chi connectivity index (χ4n) is 4.68. The van der Waals surface area contributed by atoms with Gasteiger partial charge in [-0.05, 0) is 23.3 Å². The lowest BCUT2D eigenvalue weighted by atomic mass is 9.60. The standard InChI is InChI=1S/C21H23ClN2O2/c1-15(26)23-13-21(14-23)20(17-7-3-2-4-8-17)19(12-25)24(21)11-16-6-5-9-18(22)10-16/h2-10,19-20,25H,11-14H2,1H3/t19-,20+/m0/s1. The van der Waals surface area contributed by atoms with E-state index in [-0.39, 0.29) is 30.0 Å². The van der Waals surface area contributed by atoms with Gasteiger partial charge < -0.3 is 10.0 Å². The maximum Gasteiger partial charge on any atom is 0.219 e. The van der Waals surface area contributed by atoms with Crippen LogP contribution in [0.2, 0.25) is 5.02 Å². The van der Waals surface area contributed by atoms with Crippen LogP contribution in [0.4, 0.5) is 0 Å². The monoisotopic (exact) mass is 370 g/mol. The van der Waals surface area contributed by atoms with Crippen LogP contribution in [0.25, 0.3) is 0 Å². The maximum absolute atomic E-state index is 11.8. The van der Waals surface area contributed by atoms with Gasteiger partial charge in [0.15, 0.2) is 0 Å². The Kier molecular flexibility index (Phi) is 4.51. The first-order chi connectivity index (χ1) is 12.5. The fraction of sp³-hybridized carbons (Fsp3) is 0.381. The number of halogens is 1. The zero-order valence-corrected chi connectivity index (χ0v) is 15.6. The van der Waals surface area contributed by atoms with Crippen molar-refractivity contribution < 1.29 is 9.90 Å². The molecule has 1 amide bonds. The van der Waals surface area contributed by atoms with Crippen LogP contribution in [0.3, 0.4) is 0 Å². The van der Waals surface area contributed by atoms with Gasteiger partial charge >= 0.3 is 0 Å². The minimum atomic E-state index is -0.108. The highest BCUT2D eigenvalue weighted by Gasteiger charge is 2.65. The Morgan fingerprint density at radius 1 is 1.19 bits per heavy atom. The molecule has 2 heterocycles. The van der Waals surface area contributed by atoms with Crippen molar-refractivity contribution in [2.75, 3.05) is 19.7 Å². The summed E-state index contributed by atoms with van der Waals surface area (Å²) in [5.74, 6) is 0.334.